The van der Waals surface area contributed by atoms with E-state index in [0.717, 1.165) is 133 Å². The third-order valence-electron chi connectivity index (χ3n) is 14.8. The summed E-state index contributed by atoms with van der Waals surface area (Å²) in [5, 5.41) is 5.49. The van der Waals surface area contributed by atoms with Gasteiger partial charge in [-0.15, -0.1) is 0 Å². The average molecular weight is 1040 g/mol. The molecule has 3 aliphatic rings. The molecule has 374 valence electrons. The van der Waals surface area contributed by atoms with Crippen LogP contribution < -0.4 is 39.3 Å². The van der Waals surface area contributed by atoms with Crippen LogP contribution in [0.5, 0.6) is 23.0 Å². The zero-order valence-electron chi connectivity index (χ0n) is 43.2. The number of rotatable bonds is 9. The van der Waals surface area contributed by atoms with Crippen molar-refractivity contribution in [3.05, 3.63) is 169 Å². The third kappa shape index (κ3) is 10.4. The molecule has 7 aromatic rings. The second-order valence-electron chi connectivity index (χ2n) is 20.5. The van der Waals surface area contributed by atoms with Crippen LogP contribution in [0.4, 0.5) is 0 Å². The van der Waals surface area contributed by atoms with E-state index in [-0.39, 0.29) is 0 Å². The number of phosphoric acid groups is 1. The van der Waals surface area contributed by atoms with Crippen molar-refractivity contribution >= 4 is 54.9 Å². The van der Waals surface area contributed by atoms with E-state index < -0.39 is 15.7 Å². The number of fused-ring (bicyclic) bond motifs is 7. The topological polar surface area (TPSA) is 77.1 Å². The van der Waals surface area contributed by atoms with Crippen LogP contribution in [-0.4, -0.2) is 39.8 Å². The van der Waals surface area contributed by atoms with E-state index in [9.17, 15) is 9.46 Å². The van der Waals surface area contributed by atoms with Crippen molar-refractivity contribution in [2.24, 2.45) is 0 Å². The van der Waals surface area contributed by atoms with Gasteiger partial charge in [0.25, 0.3) is 0 Å². The van der Waals surface area contributed by atoms with Crippen LogP contribution >= 0.6 is 38.9 Å². The zero-order valence-corrected chi connectivity index (χ0v) is 46.5. The second kappa shape index (κ2) is 21.0. The largest absolute Gasteiger partial charge is 0.736 e. The van der Waals surface area contributed by atoms with E-state index in [1.165, 1.54) is 43.7 Å². The maximum Gasteiger partial charge on any atom is 0.372 e. The molecule has 1 aliphatic heterocycles. The molecule has 0 amide bonds. The smallest absolute Gasteiger partial charge is 0.372 e. The molecule has 7 aromatic carbocycles. The highest BCUT2D eigenvalue weighted by Gasteiger charge is 2.37. The Hall–Kier alpha value is -5.10. The van der Waals surface area contributed by atoms with Crippen molar-refractivity contribution in [1.82, 2.24) is 0 Å². The summed E-state index contributed by atoms with van der Waals surface area (Å²) in [5.74, 6) is 2.31. The van der Waals surface area contributed by atoms with Crippen molar-refractivity contribution in [3.63, 3.8) is 0 Å². The number of aryl methyl sites for hydroxylation is 6. The number of phosphoric ester groups is 1. The molecule has 1 heterocycles. The molecule has 0 radical (unpaired) electrons. The van der Waals surface area contributed by atoms with Crippen LogP contribution in [-0.2, 0) is 30.2 Å². The van der Waals surface area contributed by atoms with Gasteiger partial charge in [0, 0.05) is 37.9 Å². The van der Waals surface area contributed by atoms with Crippen molar-refractivity contribution in [2.75, 3.05) is 35.4 Å². The second-order valence-corrected chi connectivity index (χ2v) is 24.8. The van der Waals surface area contributed by atoms with Crippen molar-refractivity contribution in [3.8, 4) is 56.4 Å². The van der Waals surface area contributed by atoms with Crippen LogP contribution in [0.3, 0.4) is 0 Å². The molecule has 0 saturated carbocycles. The van der Waals surface area contributed by atoms with E-state index in [0.29, 0.717) is 17.5 Å². The van der Waals surface area contributed by atoms with Gasteiger partial charge in [-0.3, -0.25) is 0 Å². The number of quaternary nitrogens is 1. The first-order valence-electron chi connectivity index (χ1n) is 25.0. The quantitative estimate of drug-likeness (QED) is 0.106. The lowest BCUT2D eigenvalue weighted by molar-refractivity contribution is -0.900. The molecule has 0 saturated heterocycles. The summed E-state index contributed by atoms with van der Waals surface area (Å²) in [7, 11) is 4.51. The van der Waals surface area contributed by atoms with Crippen molar-refractivity contribution in [2.45, 2.75) is 92.0 Å². The van der Waals surface area contributed by atoms with Gasteiger partial charge in [0.2, 0.25) is 0 Å². The Balaban J connectivity index is 0.000000203. The summed E-state index contributed by atoms with van der Waals surface area (Å²) < 4.78 is 38.3. The normalized spacial score (nSPS) is 15.0. The van der Waals surface area contributed by atoms with E-state index in [1.54, 1.807) is 14.2 Å². The summed E-state index contributed by atoms with van der Waals surface area (Å²) in [5.41, 5.74) is 15.6. The van der Waals surface area contributed by atoms with Gasteiger partial charge in [-0.2, -0.15) is 0 Å². The predicted molar refractivity (Wildman–Crippen MR) is 299 cm³/mol. The molecule has 0 fully saturated rings. The first-order chi connectivity index (χ1) is 34.4. The van der Waals surface area contributed by atoms with Crippen LogP contribution in [0.15, 0.2) is 109 Å². The highest BCUT2D eigenvalue weighted by Crippen LogP contribution is 2.61. The van der Waals surface area contributed by atoms with Gasteiger partial charge in [0.1, 0.15) is 29.0 Å². The molecule has 1 unspecified atom stereocenters. The highest BCUT2D eigenvalue weighted by molar-refractivity contribution is 7.79. The minimum absolute atomic E-state index is 0.380. The van der Waals surface area contributed by atoms with E-state index in [4.69, 9.17) is 41.7 Å². The van der Waals surface area contributed by atoms with E-state index in [2.05, 4.69) is 88.7 Å². The fourth-order valence-electron chi connectivity index (χ4n) is 11.1. The maximum atomic E-state index is 14.0. The number of hydrogen-bond acceptors (Lipinski definition) is 6. The monoisotopic (exact) mass is 1040 g/mol. The molecule has 1 atom stereocenters. The molecule has 7 nitrogen and oxygen atoms in total. The van der Waals surface area contributed by atoms with Crippen LogP contribution in [0, 0.1) is 27.7 Å². The maximum absolute atomic E-state index is 14.0. The van der Waals surface area contributed by atoms with Gasteiger partial charge >= 0.3 is 7.82 Å². The summed E-state index contributed by atoms with van der Waals surface area (Å²) >= 11 is 12.3. The van der Waals surface area contributed by atoms with Crippen LogP contribution in [0.1, 0.15) is 88.7 Å². The first-order valence-corrected chi connectivity index (χ1v) is 28.5. The third-order valence-corrected chi connectivity index (χ3v) is 18.7. The van der Waals surface area contributed by atoms with Gasteiger partial charge in [-0.1, -0.05) is 71.7 Å². The molecule has 10 rings (SSSR count). The van der Waals surface area contributed by atoms with Crippen LogP contribution in [0.2, 0.25) is 10.0 Å². The minimum Gasteiger partial charge on any atom is -0.736 e. The lowest BCUT2D eigenvalue weighted by Crippen LogP contribution is -2.39. The molecule has 0 aromatic heterocycles. The van der Waals surface area contributed by atoms with E-state index >= 15 is 0 Å². The fraction of sp³-hybridized carbons (Fsp3) is 0.311. The number of hydrogen-bond donors (Lipinski definition) is 0. The van der Waals surface area contributed by atoms with Gasteiger partial charge in [-0.25, -0.2) is 4.57 Å². The fourth-order valence-corrected chi connectivity index (χ4v) is 14.7. The Morgan fingerprint density at radius 1 is 0.583 bits per heavy atom. The molecular formula is C61H65Cl2NO6P2. The van der Waals surface area contributed by atoms with E-state index in [1.807, 2.05) is 76.2 Å². The molecule has 72 heavy (non-hydrogen) atoms. The van der Waals surface area contributed by atoms with Crippen molar-refractivity contribution in [1.29, 1.82) is 0 Å². The average Bonchev–Trinajstić information content (AvgIpc) is 3.48. The number of halogens is 2. The minimum atomic E-state index is -4.85. The standard InChI is InChI=1S/C38H41O6P.C23H25Cl2NP/c1-21-15-27(41-5)16-22(2)33(21)31-19-25-11-7-9-13-29(25)35-36-30-14-10-8-12-26(30)20-32(38(36)44-45(39,40)43-37(31)35)34-23(3)17-28(42-6)18-24(34)4;1-17(26(2,3)4)22-7-5-6-8-23(22)27(20-13-9-18(24)10-14-20)21-15-11-19(25)12-16-21/h15-20H,7-14H2,1-6H3,(H,39,40);5-17H,1-4H3/q;+1/p-1. The summed E-state index contributed by atoms with van der Waals surface area (Å²) in [6.45, 7) is 10.5. The van der Waals surface area contributed by atoms with Gasteiger partial charge in [0.05, 0.1) is 35.4 Å². The lowest BCUT2D eigenvalue weighted by Gasteiger charge is -2.34. The summed E-state index contributed by atoms with van der Waals surface area (Å²) in [6.07, 6.45) is 7.89. The predicted octanol–water partition coefficient (Wildman–Crippen LogP) is 14.5. The molecule has 0 N–H and O–H groups in total. The molecular weight excluding hydrogens is 976 g/mol. The molecule has 2 aliphatic carbocycles. The van der Waals surface area contributed by atoms with Gasteiger partial charge < -0.3 is 27.9 Å². The Morgan fingerprint density at radius 2 is 0.972 bits per heavy atom. The number of nitrogens with zero attached hydrogens (tertiary/aromatic N) is 1. The molecule has 0 spiro atoms. The number of benzene rings is 7. The Morgan fingerprint density at radius 3 is 1.36 bits per heavy atom. The van der Waals surface area contributed by atoms with Crippen LogP contribution in [0.25, 0.3) is 33.4 Å². The Kier molecular flexibility index (Phi) is 15.1. The van der Waals surface area contributed by atoms with Gasteiger partial charge in [0.15, 0.2) is 0 Å². The Bertz CT molecular complexity index is 3010. The van der Waals surface area contributed by atoms with Gasteiger partial charge in [-0.05, 0) is 226 Å². The van der Waals surface area contributed by atoms with Crippen molar-refractivity contribution < 1.29 is 32.5 Å². The molecule has 11 heteroatoms. The number of methoxy groups -OCH3 is 2. The number of ether oxygens (including phenoxy) is 2. The zero-order chi connectivity index (χ0) is 51.2. The SMILES string of the molecule is CC(c1ccccc1P(c1ccc(Cl)cc1)c1ccc(Cl)cc1)[N+](C)(C)C.COc1cc(C)c(-c2cc3c(c4c2OP(=O)([O-])Oc2c(-c5c(C)cc(OC)cc5C)cc5c(c2-4)CCCC5)CCCC3)c(C)c1. The highest BCUT2D eigenvalue weighted by atomic mass is 35.5. The molecule has 0 bridgehead atoms. The Labute approximate surface area is 438 Å². The lowest BCUT2D eigenvalue weighted by atomic mass is 9.76. The summed E-state index contributed by atoms with van der Waals surface area (Å²) in [4.78, 5) is 14.0. The first kappa shape index (κ1) is 51.8. The summed E-state index contributed by atoms with van der Waals surface area (Å²) in [6, 6.07) is 38.1.